The monoisotopic (exact) mass is 351 g/mol. The molecular formula is C20H18ClN3O. The fraction of sp³-hybridized carbons (Fsp3) is 0.100. The van der Waals surface area contributed by atoms with E-state index in [1.54, 1.807) is 18.3 Å². The molecule has 0 bridgehead atoms. The van der Waals surface area contributed by atoms with Gasteiger partial charge in [0.05, 0.1) is 11.9 Å². The van der Waals surface area contributed by atoms with E-state index in [4.69, 9.17) is 11.6 Å². The molecule has 0 aliphatic rings. The highest BCUT2D eigenvalue weighted by Crippen LogP contribution is 2.16. The van der Waals surface area contributed by atoms with Crippen LogP contribution in [0.15, 0.2) is 73.1 Å². The maximum atomic E-state index is 12.0. The second-order valence-corrected chi connectivity index (χ2v) is 5.98. The third kappa shape index (κ3) is 5.06. The van der Waals surface area contributed by atoms with Gasteiger partial charge in [0.2, 0.25) is 5.91 Å². The van der Waals surface area contributed by atoms with Gasteiger partial charge in [-0.3, -0.25) is 9.48 Å². The number of anilines is 1. The number of nitrogens with one attached hydrogen (secondary N) is 1. The molecule has 3 rings (SSSR count). The predicted molar refractivity (Wildman–Crippen MR) is 101 cm³/mol. The minimum atomic E-state index is -0.220. The number of carbonyl (C=O) groups is 1. The van der Waals surface area contributed by atoms with Crippen molar-refractivity contribution in [1.82, 2.24) is 9.78 Å². The predicted octanol–water partition coefficient (Wildman–Crippen LogP) is 4.43. The number of aryl methyl sites for hydroxylation is 2. The number of carbonyl (C=O) groups excluding carboxylic acids is 1. The lowest BCUT2D eigenvalue weighted by Gasteiger charge is -2.01. The molecule has 0 atom stereocenters. The Kier molecular flexibility index (Phi) is 5.65. The first-order valence-electron chi connectivity index (χ1n) is 8.01. The van der Waals surface area contributed by atoms with Crippen LogP contribution in [0.5, 0.6) is 0 Å². The molecular weight excluding hydrogens is 334 g/mol. The van der Waals surface area contributed by atoms with Crippen molar-refractivity contribution in [3.05, 3.63) is 89.2 Å². The van der Waals surface area contributed by atoms with E-state index in [0.29, 0.717) is 10.7 Å². The maximum Gasteiger partial charge on any atom is 0.248 e. The van der Waals surface area contributed by atoms with E-state index >= 15 is 0 Å². The van der Waals surface area contributed by atoms with E-state index < -0.39 is 0 Å². The van der Waals surface area contributed by atoms with Gasteiger partial charge in [0.15, 0.2) is 0 Å². The van der Waals surface area contributed by atoms with Gasteiger partial charge in [-0.15, -0.1) is 0 Å². The fourth-order valence-electron chi connectivity index (χ4n) is 2.40. The molecule has 1 amide bonds. The molecule has 0 fully saturated rings. The average Bonchev–Trinajstić information content (AvgIpc) is 3.07. The highest BCUT2D eigenvalue weighted by molar-refractivity contribution is 6.32. The maximum absolute atomic E-state index is 12.0. The molecule has 0 radical (unpaired) electrons. The van der Waals surface area contributed by atoms with Gasteiger partial charge in [-0.25, -0.2) is 0 Å². The van der Waals surface area contributed by atoms with Crippen LogP contribution < -0.4 is 5.32 Å². The van der Waals surface area contributed by atoms with Crippen LogP contribution in [0.2, 0.25) is 5.02 Å². The Balaban J connectivity index is 1.54. The van der Waals surface area contributed by atoms with Crippen LogP contribution in [0.25, 0.3) is 6.08 Å². The molecule has 0 spiro atoms. The van der Waals surface area contributed by atoms with Gasteiger partial charge in [-0.2, -0.15) is 5.10 Å². The number of benzene rings is 2. The first kappa shape index (κ1) is 17.0. The number of amides is 1. The summed E-state index contributed by atoms with van der Waals surface area (Å²) in [6.45, 7) is 0.759. The van der Waals surface area contributed by atoms with Crippen LogP contribution in [-0.4, -0.2) is 15.7 Å². The summed E-state index contributed by atoms with van der Waals surface area (Å²) in [7, 11) is 0. The van der Waals surface area contributed by atoms with Gasteiger partial charge in [-0.1, -0.05) is 60.1 Å². The Morgan fingerprint density at radius 1 is 1.12 bits per heavy atom. The summed E-state index contributed by atoms with van der Waals surface area (Å²) in [4.78, 5) is 12.0. The standard InChI is InChI=1S/C20H18ClN3O/c21-19-9-5-4-8-17(19)10-11-20(25)23-18-14-22-24(15-18)13-12-16-6-2-1-3-7-16/h1-11,14-15H,12-13H2,(H,23,25)/b11-10+. The van der Waals surface area contributed by atoms with Crippen LogP contribution in [0, 0.1) is 0 Å². The zero-order chi connectivity index (χ0) is 17.5. The van der Waals surface area contributed by atoms with E-state index in [1.807, 2.05) is 47.3 Å². The summed E-state index contributed by atoms with van der Waals surface area (Å²) in [5.41, 5.74) is 2.73. The van der Waals surface area contributed by atoms with Gasteiger partial charge < -0.3 is 5.32 Å². The fourth-order valence-corrected chi connectivity index (χ4v) is 2.60. The zero-order valence-electron chi connectivity index (χ0n) is 13.6. The third-order valence-corrected chi connectivity index (χ3v) is 4.04. The molecule has 0 saturated carbocycles. The molecule has 1 N–H and O–H groups in total. The number of halogens is 1. The van der Waals surface area contributed by atoms with Crippen molar-refractivity contribution in [3.63, 3.8) is 0 Å². The number of nitrogens with zero attached hydrogens (tertiary/aromatic N) is 2. The summed E-state index contributed by atoms with van der Waals surface area (Å²) in [5, 5.41) is 7.68. The lowest BCUT2D eigenvalue weighted by Crippen LogP contribution is -2.07. The van der Waals surface area contributed by atoms with Crippen molar-refractivity contribution in [3.8, 4) is 0 Å². The van der Waals surface area contributed by atoms with E-state index in [0.717, 1.165) is 18.5 Å². The number of hydrogen-bond acceptors (Lipinski definition) is 2. The van der Waals surface area contributed by atoms with Gasteiger partial charge in [0.25, 0.3) is 0 Å². The third-order valence-electron chi connectivity index (χ3n) is 3.69. The second kappa shape index (κ2) is 8.31. The highest BCUT2D eigenvalue weighted by atomic mass is 35.5. The molecule has 0 aliphatic carbocycles. The largest absolute Gasteiger partial charge is 0.320 e. The summed E-state index contributed by atoms with van der Waals surface area (Å²) < 4.78 is 1.82. The summed E-state index contributed by atoms with van der Waals surface area (Å²) in [5.74, 6) is -0.220. The molecule has 25 heavy (non-hydrogen) atoms. The average molecular weight is 352 g/mol. The Morgan fingerprint density at radius 2 is 1.88 bits per heavy atom. The minimum Gasteiger partial charge on any atom is -0.320 e. The molecule has 4 nitrogen and oxygen atoms in total. The van der Waals surface area contributed by atoms with Crippen molar-refractivity contribution in [2.75, 3.05) is 5.32 Å². The first-order chi connectivity index (χ1) is 12.2. The van der Waals surface area contributed by atoms with Crippen molar-refractivity contribution in [2.24, 2.45) is 0 Å². The molecule has 3 aromatic rings. The molecule has 1 heterocycles. The smallest absolute Gasteiger partial charge is 0.248 e. The van der Waals surface area contributed by atoms with Crippen LogP contribution in [0.4, 0.5) is 5.69 Å². The second-order valence-electron chi connectivity index (χ2n) is 5.57. The van der Waals surface area contributed by atoms with Gasteiger partial charge in [-0.05, 0) is 29.7 Å². The topological polar surface area (TPSA) is 46.9 Å². The minimum absolute atomic E-state index is 0.220. The summed E-state index contributed by atoms with van der Waals surface area (Å²) >= 11 is 6.06. The Hall–Kier alpha value is -2.85. The van der Waals surface area contributed by atoms with Crippen LogP contribution in [0.3, 0.4) is 0 Å². The highest BCUT2D eigenvalue weighted by Gasteiger charge is 2.03. The van der Waals surface area contributed by atoms with Crippen molar-refractivity contribution in [2.45, 2.75) is 13.0 Å². The lowest BCUT2D eigenvalue weighted by molar-refractivity contribution is -0.111. The quantitative estimate of drug-likeness (QED) is 0.668. The first-order valence-corrected chi connectivity index (χ1v) is 8.38. The number of rotatable bonds is 6. The normalized spacial score (nSPS) is 10.9. The summed E-state index contributed by atoms with van der Waals surface area (Å²) in [6, 6.07) is 17.6. The Bertz CT molecular complexity index is 871. The molecule has 0 unspecified atom stereocenters. The van der Waals surface area contributed by atoms with Crippen LogP contribution in [0.1, 0.15) is 11.1 Å². The van der Waals surface area contributed by atoms with E-state index in [9.17, 15) is 4.79 Å². The zero-order valence-corrected chi connectivity index (χ0v) is 14.4. The molecule has 5 heteroatoms. The number of hydrogen-bond donors (Lipinski definition) is 1. The van der Waals surface area contributed by atoms with Crippen LogP contribution in [-0.2, 0) is 17.8 Å². The Morgan fingerprint density at radius 3 is 2.68 bits per heavy atom. The van der Waals surface area contributed by atoms with Crippen molar-refractivity contribution < 1.29 is 4.79 Å². The molecule has 0 aliphatic heterocycles. The summed E-state index contributed by atoms with van der Waals surface area (Å²) in [6.07, 6.45) is 7.51. The lowest BCUT2D eigenvalue weighted by atomic mass is 10.1. The van der Waals surface area contributed by atoms with E-state index in [-0.39, 0.29) is 5.91 Å². The molecule has 2 aromatic carbocycles. The molecule has 126 valence electrons. The van der Waals surface area contributed by atoms with Crippen LogP contribution >= 0.6 is 11.6 Å². The van der Waals surface area contributed by atoms with Gasteiger partial charge in [0.1, 0.15) is 0 Å². The van der Waals surface area contributed by atoms with E-state index in [1.165, 1.54) is 11.6 Å². The van der Waals surface area contributed by atoms with Crippen molar-refractivity contribution >= 4 is 29.3 Å². The Labute approximate surface area is 151 Å². The SMILES string of the molecule is O=C(/C=C/c1ccccc1Cl)Nc1cnn(CCc2ccccc2)c1. The van der Waals surface area contributed by atoms with Gasteiger partial charge in [0, 0.05) is 23.8 Å². The molecule has 1 aromatic heterocycles. The number of aromatic nitrogens is 2. The van der Waals surface area contributed by atoms with Crippen molar-refractivity contribution in [1.29, 1.82) is 0 Å². The molecule has 0 saturated heterocycles. The van der Waals surface area contributed by atoms with E-state index in [2.05, 4.69) is 22.5 Å². The van der Waals surface area contributed by atoms with Gasteiger partial charge >= 0.3 is 0 Å².